The molecule has 0 aromatic rings. The lowest BCUT2D eigenvalue weighted by atomic mass is 10.0. The van der Waals surface area contributed by atoms with Crippen LogP contribution in [0.4, 0.5) is 0 Å². The molecule has 0 rings (SSSR count). The number of hydrogen-bond donors (Lipinski definition) is 0. The van der Waals surface area contributed by atoms with Crippen LogP contribution in [0.25, 0.3) is 0 Å². The van der Waals surface area contributed by atoms with Crippen LogP contribution in [0.3, 0.4) is 0 Å². The molecule has 0 radical (unpaired) electrons. The van der Waals surface area contributed by atoms with Gasteiger partial charge in [0.1, 0.15) is 13.2 Å². The summed E-state index contributed by atoms with van der Waals surface area (Å²) in [6.45, 7) is 11.3. The second-order valence-corrected chi connectivity index (χ2v) is 17.3. The van der Waals surface area contributed by atoms with Gasteiger partial charge in [0.2, 0.25) is 0 Å². The van der Waals surface area contributed by atoms with Crippen LogP contribution in [-0.4, -0.2) is 37.2 Å². The van der Waals surface area contributed by atoms with Gasteiger partial charge in [-0.25, -0.2) is 0 Å². The van der Waals surface area contributed by atoms with E-state index in [0.29, 0.717) is 19.3 Å². The molecular formula is C48H92O6. The smallest absolute Gasteiger partial charge is 0.306 e. The van der Waals surface area contributed by atoms with Crippen molar-refractivity contribution in [1.82, 2.24) is 0 Å². The fourth-order valence-electron chi connectivity index (χ4n) is 7.11. The first-order chi connectivity index (χ1) is 26.2. The Morgan fingerprint density at radius 2 is 0.611 bits per heavy atom. The molecule has 0 unspecified atom stereocenters. The van der Waals surface area contributed by atoms with Crippen LogP contribution in [0.5, 0.6) is 0 Å². The zero-order valence-corrected chi connectivity index (χ0v) is 36.8. The average Bonchev–Trinajstić information content (AvgIpc) is 3.14. The Balaban J connectivity index is 4.16. The molecule has 54 heavy (non-hydrogen) atoms. The molecule has 0 aliphatic rings. The van der Waals surface area contributed by atoms with E-state index in [-0.39, 0.29) is 31.1 Å². The predicted octanol–water partition coefficient (Wildman–Crippen LogP) is 15.0. The molecule has 6 heteroatoms. The number of unbranched alkanes of at least 4 members (excludes halogenated alkanes) is 27. The van der Waals surface area contributed by atoms with Crippen molar-refractivity contribution < 1.29 is 28.6 Å². The Bertz CT molecular complexity index is 824. The number of esters is 3. The summed E-state index contributed by atoms with van der Waals surface area (Å²) in [5, 5.41) is 0. The van der Waals surface area contributed by atoms with Gasteiger partial charge in [0.15, 0.2) is 6.10 Å². The molecule has 0 spiro atoms. The molecule has 0 aliphatic carbocycles. The minimum atomic E-state index is -0.759. The molecule has 6 nitrogen and oxygen atoms in total. The van der Waals surface area contributed by atoms with Crippen LogP contribution in [-0.2, 0) is 28.6 Å². The van der Waals surface area contributed by atoms with Crippen molar-refractivity contribution in [3.63, 3.8) is 0 Å². The molecule has 0 heterocycles. The van der Waals surface area contributed by atoms with E-state index in [1.165, 1.54) is 141 Å². The molecule has 0 aromatic heterocycles. The third-order valence-electron chi connectivity index (χ3n) is 10.7. The molecule has 0 amide bonds. The summed E-state index contributed by atoms with van der Waals surface area (Å²) in [6.07, 6.45) is 39.7. The number of hydrogen-bond acceptors (Lipinski definition) is 6. The van der Waals surface area contributed by atoms with Gasteiger partial charge in [-0.3, -0.25) is 14.4 Å². The van der Waals surface area contributed by atoms with Crippen LogP contribution in [0.15, 0.2) is 0 Å². The second-order valence-electron chi connectivity index (χ2n) is 17.3. The number of carbonyl (C=O) groups excluding carboxylic acids is 3. The van der Waals surface area contributed by atoms with E-state index < -0.39 is 6.10 Å². The van der Waals surface area contributed by atoms with E-state index in [4.69, 9.17) is 14.2 Å². The zero-order valence-electron chi connectivity index (χ0n) is 36.8. The van der Waals surface area contributed by atoms with Crippen LogP contribution in [0.2, 0.25) is 0 Å². The van der Waals surface area contributed by atoms with Crippen LogP contribution >= 0.6 is 0 Å². The van der Waals surface area contributed by atoms with Gasteiger partial charge >= 0.3 is 17.9 Å². The first kappa shape index (κ1) is 52.4. The monoisotopic (exact) mass is 765 g/mol. The minimum Gasteiger partial charge on any atom is -0.462 e. The van der Waals surface area contributed by atoms with Gasteiger partial charge in [-0.15, -0.1) is 0 Å². The molecule has 0 saturated carbocycles. The second kappa shape index (κ2) is 41.1. The summed E-state index contributed by atoms with van der Waals surface area (Å²) in [7, 11) is 0. The van der Waals surface area contributed by atoms with Crippen molar-refractivity contribution in [2.24, 2.45) is 11.8 Å². The van der Waals surface area contributed by atoms with Gasteiger partial charge in [-0.2, -0.15) is 0 Å². The summed E-state index contributed by atoms with van der Waals surface area (Å²) < 4.78 is 16.6. The van der Waals surface area contributed by atoms with E-state index in [1.54, 1.807) is 0 Å². The van der Waals surface area contributed by atoms with E-state index in [2.05, 4.69) is 34.6 Å². The van der Waals surface area contributed by atoms with E-state index in [0.717, 1.165) is 76.0 Å². The summed E-state index contributed by atoms with van der Waals surface area (Å²) in [5.41, 5.74) is 0. The standard InChI is InChI=1S/C48H92O6/c1-6-7-8-26-33-38-46(49)52-41-45(42-53-47(50)39-34-29-24-20-16-13-12-15-19-23-28-32-37-44(4)5)54-48(51)40-35-30-25-21-17-11-9-10-14-18-22-27-31-36-43(2)3/h43-45H,6-42H2,1-5H3/t45-/m1/s1. The van der Waals surface area contributed by atoms with E-state index >= 15 is 0 Å². The normalized spacial score (nSPS) is 12.1. The minimum absolute atomic E-state index is 0.0653. The van der Waals surface area contributed by atoms with Crippen molar-refractivity contribution >= 4 is 17.9 Å². The SMILES string of the molecule is CCCCCCCC(=O)OC[C@H](COC(=O)CCCCCCCCCCCCCCC(C)C)OC(=O)CCCCCCCCCCCCCCCC(C)C. The zero-order chi connectivity index (χ0) is 39.7. The van der Waals surface area contributed by atoms with Gasteiger partial charge in [0, 0.05) is 19.3 Å². The summed E-state index contributed by atoms with van der Waals surface area (Å²) >= 11 is 0. The van der Waals surface area contributed by atoms with Crippen molar-refractivity contribution in [2.75, 3.05) is 13.2 Å². The third-order valence-corrected chi connectivity index (χ3v) is 10.7. The van der Waals surface area contributed by atoms with Gasteiger partial charge in [0.05, 0.1) is 0 Å². The largest absolute Gasteiger partial charge is 0.462 e. The van der Waals surface area contributed by atoms with Crippen LogP contribution in [0.1, 0.15) is 259 Å². The number of ether oxygens (including phenoxy) is 3. The molecule has 1 atom stereocenters. The van der Waals surface area contributed by atoms with Gasteiger partial charge in [-0.05, 0) is 31.1 Å². The predicted molar refractivity (Wildman–Crippen MR) is 229 cm³/mol. The topological polar surface area (TPSA) is 78.9 Å². The van der Waals surface area contributed by atoms with E-state index in [9.17, 15) is 14.4 Å². The highest BCUT2D eigenvalue weighted by molar-refractivity contribution is 5.71. The lowest BCUT2D eigenvalue weighted by molar-refractivity contribution is -0.167. The van der Waals surface area contributed by atoms with Gasteiger partial charge in [0.25, 0.3) is 0 Å². The Morgan fingerprint density at radius 1 is 0.352 bits per heavy atom. The van der Waals surface area contributed by atoms with Crippen molar-refractivity contribution in [2.45, 2.75) is 265 Å². The number of rotatable bonds is 42. The molecule has 0 N–H and O–H groups in total. The summed E-state index contributed by atoms with van der Waals surface area (Å²) in [4.78, 5) is 37.5. The maximum absolute atomic E-state index is 12.7. The van der Waals surface area contributed by atoms with Gasteiger partial charge < -0.3 is 14.2 Å². The molecular weight excluding hydrogens is 673 g/mol. The Hall–Kier alpha value is -1.59. The average molecular weight is 765 g/mol. The maximum atomic E-state index is 12.7. The van der Waals surface area contributed by atoms with Crippen molar-refractivity contribution in [1.29, 1.82) is 0 Å². The van der Waals surface area contributed by atoms with Crippen molar-refractivity contribution in [3.05, 3.63) is 0 Å². The van der Waals surface area contributed by atoms with Crippen molar-refractivity contribution in [3.8, 4) is 0 Å². The molecule has 320 valence electrons. The molecule has 0 bridgehead atoms. The fraction of sp³-hybridized carbons (Fsp3) is 0.938. The highest BCUT2D eigenvalue weighted by Crippen LogP contribution is 2.17. The lowest BCUT2D eigenvalue weighted by Gasteiger charge is -2.18. The highest BCUT2D eigenvalue weighted by atomic mass is 16.6. The Morgan fingerprint density at radius 3 is 0.907 bits per heavy atom. The highest BCUT2D eigenvalue weighted by Gasteiger charge is 2.19. The van der Waals surface area contributed by atoms with E-state index in [1.807, 2.05) is 0 Å². The number of carbonyl (C=O) groups is 3. The first-order valence-electron chi connectivity index (χ1n) is 23.7. The van der Waals surface area contributed by atoms with Crippen LogP contribution < -0.4 is 0 Å². The molecule has 0 saturated heterocycles. The molecule has 0 fully saturated rings. The van der Waals surface area contributed by atoms with Crippen LogP contribution in [0, 0.1) is 11.8 Å². The Kier molecular flexibility index (Phi) is 39.8. The quantitative estimate of drug-likeness (QED) is 0.0350. The Labute approximate surface area is 336 Å². The van der Waals surface area contributed by atoms with Gasteiger partial charge in [-0.1, -0.05) is 221 Å². The lowest BCUT2D eigenvalue weighted by Crippen LogP contribution is -2.30. The molecule has 0 aromatic carbocycles. The first-order valence-corrected chi connectivity index (χ1v) is 23.7. The summed E-state index contributed by atoms with van der Waals surface area (Å²) in [5.74, 6) is 0.805. The molecule has 0 aliphatic heterocycles. The third kappa shape index (κ3) is 41.6. The fourth-order valence-corrected chi connectivity index (χ4v) is 7.11. The summed E-state index contributed by atoms with van der Waals surface area (Å²) in [6, 6.07) is 0. The maximum Gasteiger partial charge on any atom is 0.306 e.